The van der Waals surface area contributed by atoms with Crippen LogP contribution in [-0.4, -0.2) is 62.7 Å². The van der Waals surface area contributed by atoms with Crippen molar-refractivity contribution in [2.45, 2.75) is 32.9 Å². The second kappa shape index (κ2) is 11.8. The second-order valence-corrected chi connectivity index (χ2v) is 9.78. The molecule has 0 spiro atoms. The third-order valence-corrected chi connectivity index (χ3v) is 6.90. The third-order valence-electron chi connectivity index (χ3n) is 5.08. The molecular formula is C23H31FN4O4S. The molecule has 0 saturated heterocycles. The summed E-state index contributed by atoms with van der Waals surface area (Å²) in [5, 5.41) is 2.73. The minimum Gasteiger partial charge on any atom is -0.354 e. The first-order valence-electron chi connectivity index (χ1n) is 10.6. The number of amides is 2. The number of rotatable bonds is 11. The second-order valence-electron chi connectivity index (χ2n) is 7.71. The molecule has 2 aromatic carbocycles. The number of anilines is 1. The van der Waals surface area contributed by atoms with Gasteiger partial charge in [0, 0.05) is 32.7 Å². The molecule has 0 aliphatic carbocycles. The average Bonchev–Trinajstić information content (AvgIpc) is 2.80. The number of halogens is 1. The quantitative estimate of drug-likeness (QED) is 0.537. The van der Waals surface area contributed by atoms with E-state index in [9.17, 15) is 22.4 Å². The summed E-state index contributed by atoms with van der Waals surface area (Å²) in [4.78, 5) is 27.3. The molecule has 1 N–H and O–H groups in total. The molecule has 0 aliphatic rings. The lowest BCUT2D eigenvalue weighted by molar-refractivity contribution is -0.139. The van der Waals surface area contributed by atoms with Crippen molar-refractivity contribution in [3.8, 4) is 0 Å². The monoisotopic (exact) mass is 478 g/mol. The topological polar surface area (TPSA) is 90.0 Å². The average molecular weight is 479 g/mol. The van der Waals surface area contributed by atoms with Crippen molar-refractivity contribution >= 4 is 27.7 Å². The normalized spacial score (nSPS) is 12.3. The van der Waals surface area contributed by atoms with E-state index in [4.69, 9.17) is 0 Å². The minimum absolute atomic E-state index is 0.184. The van der Waals surface area contributed by atoms with Gasteiger partial charge in [-0.3, -0.25) is 9.59 Å². The van der Waals surface area contributed by atoms with Crippen LogP contribution in [0.1, 0.15) is 25.8 Å². The van der Waals surface area contributed by atoms with E-state index >= 15 is 0 Å². The standard InChI is InChI=1S/C23H31FN4O4S/c1-5-15-25-23(30)18(2)27(16-19-11-9-10-14-21(19)24)22(29)17-28(33(31,32)26(3)4)20-12-7-6-8-13-20/h6-14,18H,5,15-17H2,1-4H3,(H,25,30)/t18-/m0/s1. The summed E-state index contributed by atoms with van der Waals surface area (Å²) in [5.74, 6) is -1.55. The zero-order valence-electron chi connectivity index (χ0n) is 19.4. The molecule has 0 saturated carbocycles. The van der Waals surface area contributed by atoms with E-state index in [1.54, 1.807) is 36.4 Å². The van der Waals surface area contributed by atoms with Crippen molar-refractivity contribution in [2.24, 2.45) is 0 Å². The van der Waals surface area contributed by atoms with Crippen LogP contribution >= 0.6 is 0 Å². The predicted molar refractivity (Wildman–Crippen MR) is 126 cm³/mol. The van der Waals surface area contributed by atoms with Crippen molar-refractivity contribution in [3.05, 3.63) is 66.0 Å². The van der Waals surface area contributed by atoms with Gasteiger partial charge in [-0.1, -0.05) is 43.3 Å². The molecule has 0 heterocycles. The highest BCUT2D eigenvalue weighted by molar-refractivity contribution is 7.90. The Labute approximate surface area is 195 Å². The number of hydrogen-bond acceptors (Lipinski definition) is 4. The number of carbonyl (C=O) groups excluding carboxylic acids is 2. The SMILES string of the molecule is CCCNC(=O)[C@H](C)N(Cc1ccccc1F)C(=O)CN(c1ccccc1)S(=O)(=O)N(C)C. The summed E-state index contributed by atoms with van der Waals surface area (Å²) in [5.41, 5.74) is 0.524. The van der Waals surface area contributed by atoms with Crippen LogP contribution in [-0.2, 0) is 26.3 Å². The van der Waals surface area contributed by atoms with Gasteiger partial charge >= 0.3 is 10.2 Å². The summed E-state index contributed by atoms with van der Waals surface area (Å²) < 4.78 is 42.3. The maximum absolute atomic E-state index is 14.4. The van der Waals surface area contributed by atoms with E-state index in [1.807, 2.05) is 6.92 Å². The van der Waals surface area contributed by atoms with Crippen LogP contribution in [0.5, 0.6) is 0 Å². The molecule has 1 atom stereocenters. The fourth-order valence-electron chi connectivity index (χ4n) is 3.10. The molecule has 0 fully saturated rings. The molecule has 2 amide bonds. The molecule has 0 aliphatic heterocycles. The molecule has 8 nitrogen and oxygen atoms in total. The Hall–Kier alpha value is -2.98. The number of nitrogens with one attached hydrogen (secondary N) is 1. The Morgan fingerprint density at radius 3 is 2.21 bits per heavy atom. The van der Waals surface area contributed by atoms with Gasteiger partial charge in [-0.25, -0.2) is 8.70 Å². The first kappa shape index (κ1) is 26.3. The predicted octanol–water partition coefficient (Wildman–Crippen LogP) is 2.38. The zero-order chi connectivity index (χ0) is 24.6. The highest BCUT2D eigenvalue weighted by Crippen LogP contribution is 2.20. The molecular weight excluding hydrogens is 447 g/mol. The fourth-order valence-corrected chi connectivity index (χ4v) is 4.16. The Morgan fingerprint density at radius 1 is 1.03 bits per heavy atom. The van der Waals surface area contributed by atoms with Crippen LogP contribution < -0.4 is 9.62 Å². The molecule has 2 aromatic rings. The molecule has 10 heteroatoms. The van der Waals surface area contributed by atoms with Crippen molar-refractivity contribution < 1.29 is 22.4 Å². The van der Waals surface area contributed by atoms with Gasteiger partial charge < -0.3 is 10.2 Å². The van der Waals surface area contributed by atoms with E-state index in [0.717, 1.165) is 8.61 Å². The van der Waals surface area contributed by atoms with E-state index in [1.165, 1.54) is 44.1 Å². The van der Waals surface area contributed by atoms with Crippen molar-refractivity contribution in [2.75, 3.05) is 31.5 Å². The van der Waals surface area contributed by atoms with Gasteiger partial charge in [0.15, 0.2) is 0 Å². The van der Waals surface area contributed by atoms with Crippen molar-refractivity contribution in [3.63, 3.8) is 0 Å². The van der Waals surface area contributed by atoms with E-state index < -0.39 is 40.4 Å². The lowest BCUT2D eigenvalue weighted by Crippen LogP contribution is -2.52. The molecule has 0 unspecified atom stereocenters. The Kier molecular flexibility index (Phi) is 9.36. The smallest absolute Gasteiger partial charge is 0.304 e. The number of para-hydroxylation sites is 1. The van der Waals surface area contributed by atoms with Gasteiger partial charge in [-0.15, -0.1) is 0 Å². The van der Waals surface area contributed by atoms with Gasteiger partial charge in [-0.05, 0) is 31.5 Å². The highest BCUT2D eigenvalue weighted by atomic mass is 32.2. The van der Waals surface area contributed by atoms with E-state index in [-0.39, 0.29) is 12.1 Å². The summed E-state index contributed by atoms with van der Waals surface area (Å²) in [7, 11) is -1.28. The summed E-state index contributed by atoms with van der Waals surface area (Å²) >= 11 is 0. The van der Waals surface area contributed by atoms with Crippen LogP contribution in [0.2, 0.25) is 0 Å². The number of benzene rings is 2. The van der Waals surface area contributed by atoms with Gasteiger partial charge in [0.1, 0.15) is 18.4 Å². The molecule has 33 heavy (non-hydrogen) atoms. The van der Waals surface area contributed by atoms with Gasteiger partial charge in [-0.2, -0.15) is 12.7 Å². The summed E-state index contributed by atoms with van der Waals surface area (Å²) in [6.45, 7) is 3.13. The van der Waals surface area contributed by atoms with Crippen LogP contribution in [0.3, 0.4) is 0 Å². The molecule has 180 valence electrons. The van der Waals surface area contributed by atoms with Gasteiger partial charge in [0.25, 0.3) is 0 Å². The number of hydrogen-bond donors (Lipinski definition) is 1. The largest absolute Gasteiger partial charge is 0.354 e. The van der Waals surface area contributed by atoms with Crippen molar-refractivity contribution in [1.82, 2.24) is 14.5 Å². The highest BCUT2D eigenvalue weighted by Gasteiger charge is 2.32. The minimum atomic E-state index is -4.02. The van der Waals surface area contributed by atoms with E-state index in [2.05, 4.69) is 5.32 Å². The van der Waals surface area contributed by atoms with Crippen LogP contribution in [0.25, 0.3) is 0 Å². The fraction of sp³-hybridized carbons (Fsp3) is 0.391. The Balaban J connectivity index is 2.42. The Morgan fingerprint density at radius 2 is 1.64 bits per heavy atom. The van der Waals surface area contributed by atoms with Crippen LogP contribution in [0.15, 0.2) is 54.6 Å². The van der Waals surface area contributed by atoms with Gasteiger partial charge in [0.2, 0.25) is 11.8 Å². The maximum atomic E-state index is 14.4. The molecule has 0 aromatic heterocycles. The molecule has 0 bridgehead atoms. The third kappa shape index (κ3) is 6.75. The van der Waals surface area contributed by atoms with Crippen LogP contribution in [0.4, 0.5) is 10.1 Å². The van der Waals surface area contributed by atoms with Gasteiger partial charge in [0.05, 0.1) is 5.69 Å². The zero-order valence-corrected chi connectivity index (χ0v) is 20.2. The molecule has 2 rings (SSSR count). The van der Waals surface area contributed by atoms with E-state index in [0.29, 0.717) is 18.7 Å². The summed E-state index contributed by atoms with van der Waals surface area (Å²) in [6.07, 6.45) is 0.711. The van der Waals surface area contributed by atoms with Crippen molar-refractivity contribution in [1.29, 1.82) is 0 Å². The Bertz CT molecular complexity index is 1050. The lowest BCUT2D eigenvalue weighted by Gasteiger charge is -2.32. The first-order chi connectivity index (χ1) is 15.6. The first-order valence-corrected chi connectivity index (χ1v) is 12.0. The lowest BCUT2D eigenvalue weighted by atomic mass is 10.1. The maximum Gasteiger partial charge on any atom is 0.304 e. The van der Waals surface area contributed by atoms with Crippen LogP contribution in [0, 0.1) is 5.82 Å². The number of carbonyl (C=O) groups is 2. The molecule has 0 radical (unpaired) electrons. The number of nitrogens with zero attached hydrogens (tertiary/aromatic N) is 3. The summed E-state index contributed by atoms with van der Waals surface area (Å²) in [6, 6.07) is 13.2.